The third kappa shape index (κ3) is 3.10. The molecular formula is C18H15BrFN3O. The van der Waals surface area contributed by atoms with Crippen molar-refractivity contribution in [3.8, 4) is 5.69 Å². The normalized spacial score (nSPS) is 10.7. The van der Waals surface area contributed by atoms with Gasteiger partial charge in [-0.05, 0) is 60.1 Å². The fourth-order valence-corrected chi connectivity index (χ4v) is 2.92. The van der Waals surface area contributed by atoms with Gasteiger partial charge in [0.05, 0.1) is 28.3 Å². The molecule has 1 heterocycles. The molecular weight excluding hydrogens is 373 g/mol. The van der Waals surface area contributed by atoms with Crippen LogP contribution in [0.5, 0.6) is 0 Å². The number of rotatable bonds is 3. The van der Waals surface area contributed by atoms with Crippen LogP contribution in [-0.2, 0) is 0 Å². The molecule has 6 heteroatoms. The molecule has 0 saturated carbocycles. The molecule has 0 saturated heterocycles. The predicted octanol–water partition coefficient (Wildman–Crippen LogP) is 4.64. The van der Waals surface area contributed by atoms with Crippen molar-refractivity contribution in [3.05, 3.63) is 75.8 Å². The van der Waals surface area contributed by atoms with Crippen molar-refractivity contribution < 1.29 is 9.18 Å². The number of carbonyl (C=O) groups excluding carboxylic acids is 1. The zero-order chi connectivity index (χ0) is 17.3. The lowest BCUT2D eigenvalue weighted by atomic mass is 10.2. The molecule has 122 valence electrons. The highest BCUT2D eigenvalue weighted by Crippen LogP contribution is 2.25. The first-order valence-electron chi connectivity index (χ1n) is 7.35. The topological polar surface area (TPSA) is 46.9 Å². The summed E-state index contributed by atoms with van der Waals surface area (Å²) in [5.41, 5.74) is 3.27. The van der Waals surface area contributed by atoms with E-state index in [0.29, 0.717) is 15.9 Å². The maximum atomic E-state index is 13.4. The van der Waals surface area contributed by atoms with E-state index in [2.05, 4.69) is 26.3 Å². The van der Waals surface area contributed by atoms with Crippen molar-refractivity contribution >= 4 is 27.5 Å². The van der Waals surface area contributed by atoms with Gasteiger partial charge in [-0.15, -0.1) is 0 Å². The number of carbonyl (C=O) groups is 1. The summed E-state index contributed by atoms with van der Waals surface area (Å²) in [6.45, 7) is 3.70. The first-order valence-corrected chi connectivity index (χ1v) is 8.14. The monoisotopic (exact) mass is 387 g/mol. The molecule has 2 aromatic carbocycles. The molecule has 3 rings (SSSR count). The second-order valence-electron chi connectivity index (χ2n) is 5.37. The molecule has 0 radical (unpaired) electrons. The Balaban J connectivity index is 1.95. The molecule has 24 heavy (non-hydrogen) atoms. The number of halogens is 2. The van der Waals surface area contributed by atoms with Gasteiger partial charge in [-0.1, -0.05) is 18.2 Å². The largest absolute Gasteiger partial charge is 0.319 e. The van der Waals surface area contributed by atoms with Crippen LogP contribution in [0, 0.1) is 19.7 Å². The SMILES string of the molecule is Cc1nn(-c2ccccc2)c(C)c1NC(=O)c1cc(F)ccc1Br. The smallest absolute Gasteiger partial charge is 0.257 e. The Hall–Kier alpha value is -2.47. The summed E-state index contributed by atoms with van der Waals surface area (Å²) in [7, 11) is 0. The highest BCUT2D eigenvalue weighted by molar-refractivity contribution is 9.10. The van der Waals surface area contributed by atoms with Crippen LogP contribution in [0.4, 0.5) is 10.1 Å². The quantitative estimate of drug-likeness (QED) is 0.711. The van der Waals surface area contributed by atoms with Gasteiger partial charge >= 0.3 is 0 Å². The van der Waals surface area contributed by atoms with Crippen molar-refractivity contribution in [1.82, 2.24) is 9.78 Å². The van der Waals surface area contributed by atoms with Gasteiger partial charge in [-0.2, -0.15) is 5.10 Å². The highest BCUT2D eigenvalue weighted by atomic mass is 79.9. The van der Waals surface area contributed by atoms with Gasteiger partial charge in [0.25, 0.3) is 5.91 Å². The summed E-state index contributed by atoms with van der Waals surface area (Å²) in [4.78, 5) is 12.5. The minimum atomic E-state index is -0.461. The predicted molar refractivity (Wildman–Crippen MR) is 95.1 cm³/mol. The minimum absolute atomic E-state index is 0.237. The molecule has 0 unspecified atom stereocenters. The van der Waals surface area contributed by atoms with Gasteiger partial charge in [0.2, 0.25) is 0 Å². The van der Waals surface area contributed by atoms with E-state index in [1.165, 1.54) is 18.2 Å². The second kappa shape index (κ2) is 6.57. The first kappa shape index (κ1) is 16.4. The van der Waals surface area contributed by atoms with E-state index in [0.717, 1.165) is 11.4 Å². The number of nitrogens with zero attached hydrogens (tertiary/aromatic N) is 2. The number of hydrogen-bond acceptors (Lipinski definition) is 2. The molecule has 0 fully saturated rings. The molecule has 0 aliphatic carbocycles. The zero-order valence-corrected chi connectivity index (χ0v) is 14.8. The van der Waals surface area contributed by atoms with Gasteiger partial charge < -0.3 is 5.32 Å². The summed E-state index contributed by atoms with van der Waals surface area (Å²) < 4.78 is 15.7. The number of benzene rings is 2. The van der Waals surface area contributed by atoms with Crippen molar-refractivity contribution in [2.45, 2.75) is 13.8 Å². The van der Waals surface area contributed by atoms with Crippen LogP contribution in [0.3, 0.4) is 0 Å². The number of anilines is 1. The number of hydrogen-bond donors (Lipinski definition) is 1. The number of nitrogens with one attached hydrogen (secondary N) is 1. The number of aromatic nitrogens is 2. The summed E-state index contributed by atoms with van der Waals surface area (Å²) in [5.74, 6) is -0.850. The molecule has 3 aromatic rings. The summed E-state index contributed by atoms with van der Waals surface area (Å²) in [6.07, 6.45) is 0. The van der Waals surface area contributed by atoms with E-state index < -0.39 is 5.82 Å². The Morgan fingerprint density at radius 2 is 1.88 bits per heavy atom. The molecule has 0 atom stereocenters. The van der Waals surface area contributed by atoms with Gasteiger partial charge in [0, 0.05) is 4.47 Å². The van der Waals surface area contributed by atoms with Crippen LogP contribution in [0.2, 0.25) is 0 Å². The van der Waals surface area contributed by atoms with Crippen molar-refractivity contribution in [3.63, 3.8) is 0 Å². The van der Waals surface area contributed by atoms with E-state index in [4.69, 9.17) is 0 Å². The Morgan fingerprint density at radius 1 is 1.17 bits per heavy atom. The summed E-state index contributed by atoms with van der Waals surface area (Å²) in [5, 5.41) is 7.32. The average molecular weight is 388 g/mol. The van der Waals surface area contributed by atoms with Crippen LogP contribution in [-0.4, -0.2) is 15.7 Å². The van der Waals surface area contributed by atoms with Gasteiger partial charge in [0.15, 0.2) is 0 Å². The van der Waals surface area contributed by atoms with E-state index in [9.17, 15) is 9.18 Å². The molecule has 1 amide bonds. The van der Waals surface area contributed by atoms with Gasteiger partial charge in [0.1, 0.15) is 5.82 Å². The highest BCUT2D eigenvalue weighted by Gasteiger charge is 2.18. The molecule has 1 aromatic heterocycles. The number of aryl methyl sites for hydroxylation is 1. The van der Waals surface area contributed by atoms with Crippen molar-refractivity contribution in [2.24, 2.45) is 0 Å². The molecule has 0 aliphatic heterocycles. The number of para-hydroxylation sites is 1. The molecule has 4 nitrogen and oxygen atoms in total. The fraction of sp³-hybridized carbons (Fsp3) is 0.111. The Labute approximate surface area is 147 Å². The molecule has 0 spiro atoms. The van der Waals surface area contributed by atoms with E-state index in [1.54, 1.807) is 4.68 Å². The molecule has 0 aliphatic rings. The van der Waals surface area contributed by atoms with Gasteiger partial charge in [-0.3, -0.25) is 4.79 Å². The molecule has 1 N–H and O–H groups in total. The van der Waals surface area contributed by atoms with Gasteiger partial charge in [-0.25, -0.2) is 9.07 Å². The fourth-order valence-electron chi connectivity index (χ4n) is 2.50. The molecule has 0 bridgehead atoms. The second-order valence-corrected chi connectivity index (χ2v) is 6.23. The Kier molecular flexibility index (Phi) is 4.49. The zero-order valence-electron chi connectivity index (χ0n) is 13.2. The van der Waals surface area contributed by atoms with Crippen LogP contribution >= 0.6 is 15.9 Å². The lowest BCUT2D eigenvalue weighted by molar-refractivity contribution is 0.102. The third-order valence-electron chi connectivity index (χ3n) is 3.70. The maximum absolute atomic E-state index is 13.4. The van der Waals surface area contributed by atoms with E-state index >= 15 is 0 Å². The summed E-state index contributed by atoms with van der Waals surface area (Å²) >= 11 is 3.28. The van der Waals surface area contributed by atoms with Crippen LogP contribution < -0.4 is 5.32 Å². The van der Waals surface area contributed by atoms with Crippen LogP contribution in [0.1, 0.15) is 21.7 Å². The van der Waals surface area contributed by atoms with E-state index in [-0.39, 0.29) is 11.5 Å². The van der Waals surface area contributed by atoms with E-state index in [1.807, 2.05) is 44.2 Å². The Morgan fingerprint density at radius 3 is 2.58 bits per heavy atom. The lowest BCUT2D eigenvalue weighted by Gasteiger charge is -2.08. The number of amides is 1. The van der Waals surface area contributed by atoms with Crippen molar-refractivity contribution in [1.29, 1.82) is 0 Å². The first-order chi connectivity index (χ1) is 11.5. The third-order valence-corrected chi connectivity index (χ3v) is 4.40. The minimum Gasteiger partial charge on any atom is -0.319 e. The summed E-state index contributed by atoms with van der Waals surface area (Å²) in [6, 6.07) is 13.7. The van der Waals surface area contributed by atoms with Crippen LogP contribution in [0.15, 0.2) is 53.0 Å². The Bertz CT molecular complexity index is 906. The average Bonchev–Trinajstić information content (AvgIpc) is 2.86. The van der Waals surface area contributed by atoms with Crippen molar-refractivity contribution in [2.75, 3.05) is 5.32 Å². The lowest BCUT2D eigenvalue weighted by Crippen LogP contribution is -2.14. The standard InChI is InChI=1S/C18H15BrFN3O/c1-11-17(12(2)23(22-11)14-6-4-3-5-7-14)21-18(24)15-10-13(20)8-9-16(15)19/h3-10H,1-2H3,(H,21,24). The van der Waals surface area contributed by atoms with Crippen LogP contribution in [0.25, 0.3) is 5.69 Å². The maximum Gasteiger partial charge on any atom is 0.257 e.